The van der Waals surface area contributed by atoms with Crippen molar-refractivity contribution in [2.45, 2.75) is 57.3 Å². The second-order valence-corrected chi connectivity index (χ2v) is 5.83. The molecule has 3 rings (SSSR count). The molecule has 0 aromatic carbocycles. The van der Waals surface area contributed by atoms with Gasteiger partial charge < -0.3 is 9.47 Å². The first-order valence-corrected chi connectivity index (χ1v) is 7.01. The summed E-state index contributed by atoms with van der Waals surface area (Å²) < 4.78 is 11.8. The number of nitrogens with zero attached hydrogens (tertiary/aromatic N) is 1. The highest BCUT2D eigenvalue weighted by Gasteiger charge is 2.47. The minimum atomic E-state index is 0.0378. The molecular formula is C14H21NO2. The summed E-state index contributed by atoms with van der Waals surface area (Å²) in [5, 5.41) is 8.85. The first kappa shape index (κ1) is 11.5. The smallest absolute Gasteiger partial charge is 0.157 e. The lowest BCUT2D eigenvalue weighted by Crippen LogP contribution is -2.33. The molecule has 5 atom stereocenters. The maximum Gasteiger partial charge on any atom is 0.157 e. The van der Waals surface area contributed by atoms with E-state index in [4.69, 9.17) is 14.7 Å². The van der Waals surface area contributed by atoms with Crippen LogP contribution in [0, 0.1) is 29.1 Å². The van der Waals surface area contributed by atoms with Gasteiger partial charge in [0.15, 0.2) is 6.29 Å². The Morgan fingerprint density at radius 1 is 1.24 bits per heavy atom. The summed E-state index contributed by atoms with van der Waals surface area (Å²) in [6.07, 6.45) is 8.32. The lowest BCUT2D eigenvalue weighted by Gasteiger charge is -2.32. The lowest BCUT2D eigenvalue weighted by atomic mass is 9.85. The van der Waals surface area contributed by atoms with E-state index in [9.17, 15) is 0 Å². The Kier molecular flexibility index (Phi) is 3.35. The Morgan fingerprint density at radius 3 is 2.88 bits per heavy atom. The second kappa shape index (κ2) is 4.96. The third kappa shape index (κ3) is 2.34. The van der Waals surface area contributed by atoms with Gasteiger partial charge in [-0.15, -0.1) is 0 Å². The molecule has 17 heavy (non-hydrogen) atoms. The van der Waals surface area contributed by atoms with Crippen LogP contribution in [-0.2, 0) is 9.47 Å². The van der Waals surface area contributed by atoms with Crippen molar-refractivity contribution in [2.24, 2.45) is 17.8 Å². The van der Waals surface area contributed by atoms with Crippen molar-refractivity contribution in [3.63, 3.8) is 0 Å². The maximum atomic E-state index is 8.85. The number of ether oxygens (including phenoxy) is 2. The highest BCUT2D eigenvalue weighted by atomic mass is 16.7. The molecule has 0 amide bonds. The monoisotopic (exact) mass is 235 g/mol. The SMILES string of the molecule is N#CCC1CC2CC1[C@H](OC1CCCCO1)C2. The van der Waals surface area contributed by atoms with Crippen LogP contribution in [0.4, 0.5) is 0 Å². The van der Waals surface area contributed by atoms with E-state index in [1.807, 2.05) is 0 Å². The first-order valence-electron chi connectivity index (χ1n) is 7.01. The van der Waals surface area contributed by atoms with Crippen molar-refractivity contribution in [3.05, 3.63) is 0 Å². The largest absolute Gasteiger partial charge is 0.353 e. The Labute approximate surface area is 103 Å². The van der Waals surface area contributed by atoms with Gasteiger partial charge in [0.2, 0.25) is 0 Å². The molecule has 2 bridgehead atoms. The van der Waals surface area contributed by atoms with E-state index >= 15 is 0 Å². The summed E-state index contributed by atoms with van der Waals surface area (Å²) in [4.78, 5) is 0. The summed E-state index contributed by atoms with van der Waals surface area (Å²) in [6.45, 7) is 0.854. The third-order valence-corrected chi connectivity index (χ3v) is 4.71. The van der Waals surface area contributed by atoms with Crippen molar-refractivity contribution in [1.29, 1.82) is 5.26 Å². The van der Waals surface area contributed by atoms with Crippen LogP contribution in [0.2, 0.25) is 0 Å². The Hall–Kier alpha value is -0.590. The summed E-state index contributed by atoms with van der Waals surface area (Å²) in [5.74, 6) is 2.03. The highest BCUT2D eigenvalue weighted by Crippen LogP contribution is 2.51. The molecule has 2 saturated carbocycles. The molecule has 2 aliphatic carbocycles. The lowest BCUT2D eigenvalue weighted by molar-refractivity contribution is -0.200. The predicted molar refractivity (Wildman–Crippen MR) is 63.0 cm³/mol. The summed E-state index contributed by atoms with van der Waals surface area (Å²) in [6, 6.07) is 2.33. The van der Waals surface area contributed by atoms with Crippen LogP contribution < -0.4 is 0 Å². The topological polar surface area (TPSA) is 42.2 Å². The standard InChI is InChI=1S/C14H21NO2/c15-5-4-11-7-10-8-12(11)13(9-10)17-14-3-1-2-6-16-14/h10-14H,1-4,6-9H2/t10?,11?,12?,13-,14?/m1/s1. The summed E-state index contributed by atoms with van der Waals surface area (Å²) in [7, 11) is 0. The van der Waals surface area contributed by atoms with E-state index in [1.165, 1.54) is 32.1 Å². The second-order valence-electron chi connectivity index (χ2n) is 5.83. The van der Waals surface area contributed by atoms with E-state index in [2.05, 4.69) is 6.07 Å². The summed E-state index contributed by atoms with van der Waals surface area (Å²) in [5.41, 5.74) is 0. The molecule has 3 nitrogen and oxygen atoms in total. The Balaban J connectivity index is 1.56. The average Bonchev–Trinajstić information content (AvgIpc) is 2.90. The molecule has 1 heterocycles. The van der Waals surface area contributed by atoms with Gasteiger partial charge in [0.1, 0.15) is 0 Å². The Morgan fingerprint density at radius 2 is 2.18 bits per heavy atom. The van der Waals surface area contributed by atoms with Gasteiger partial charge in [0, 0.05) is 13.0 Å². The molecule has 3 heteroatoms. The van der Waals surface area contributed by atoms with Gasteiger partial charge in [0.05, 0.1) is 12.2 Å². The minimum Gasteiger partial charge on any atom is -0.353 e. The van der Waals surface area contributed by atoms with Crippen LogP contribution in [-0.4, -0.2) is 19.0 Å². The van der Waals surface area contributed by atoms with Gasteiger partial charge >= 0.3 is 0 Å². The Bertz CT molecular complexity index is 306. The van der Waals surface area contributed by atoms with Crippen LogP contribution in [0.1, 0.15) is 44.9 Å². The van der Waals surface area contributed by atoms with Crippen molar-refractivity contribution in [2.75, 3.05) is 6.61 Å². The number of nitriles is 1. The normalized spacial score (nSPS) is 44.8. The van der Waals surface area contributed by atoms with Crippen molar-refractivity contribution in [1.82, 2.24) is 0 Å². The van der Waals surface area contributed by atoms with Crippen LogP contribution in [0.25, 0.3) is 0 Å². The van der Waals surface area contributed by atoms with Crippen molar-refractivity contribution in [3.8, 4) is 6.07 Å². The van der Waals surface area contributed by atoms with Crippen LogP contribution in [0.3, 0.4) is 0 Å². The zero-order chi connectivity index (χ0) is 11.7. The van der Waals surface area contributed by atoms with E-state index in [0.29, 0.717) is 24.4 Å². The zero-order valence-corrected chi connectivity index (χ0v) is 10.3. The fourth-order valence-corrected chi connectivity index (χ4v) is 3.95. The van der Waals surface area contributed by atoms with Gasteiger partial charge in [-0.3, -0.25) is 0 Å². The maximum absolute atomic E-state index is 8.85. The quantitative estimate of drug-likeness (QED) is 0.755. The molecule has 0 N–H and O–H groups in total. The van der Waals surface area contributed by atoms with Gasteiger partial charge in [-0.1, -0.05) is 0 Å². The molecule has 0 radical (unpaired) electrons. The van der Waals surface area contributed by atoms with E-state index in [0.717, 1.165) is 18.9 Å². The molecule has 3 aliphatic rings. The van der Waals surface area contributed by atoms with Crippen LogP contribution in [0.15, 0.2) is 0 Å². The molecule has 1 aliphatic heterocycles. The molecule has 0 aromatic heterocycles. The van der Waals surface area contributed by atoms with E-state index in [-0.39, 0.29) is 6.29 Å². The number of hydrogen-bond donors (Lipinski definition) is 0. The van der Waals surface area contributed by atoms with E-state index in [1.54, 1.807) is 0 Å². The minimum absolute atomic E-state index is 0.0378. The molecule has 0 aromatic rings. The van der Waals surface area contributed by atoms with Gasteiger partial charge in [-0.05, 0) is 56.3 Å². The van der Waals surface area contributed by atoms with E-state index < -0.39 is 0 Å². The van der Waals surface area contributed by atoms with Gasteiger partial charge in [0.25, 0.3) is 0 Å². The number of fused-ring (bicyclic) bond motifs is 2. The molecule has 94 valence electrons. The number of rotatable bonds is 3. The highest BCUT2D eigenvalue weighted by molar-refractivity contribution is 4.99. The first-order chi connectivity index (χ1) is 8.36. The third-order valence-electron chi connectivity index (χ3n) is 4.71. The van der Waals surface area contributed by atoms with Crippen molar-refractivity contribution < 1.29 is 9.47 Å². The zero-order valence-electron chi connectivity index (χ0n) is 10.3. The fraction of sp³-hybridized carbons (Fsp3) is 0.929. The number of hydrogen-bond acceptors (Lipinski definition) is 3. The predicted octanol–water partition coefficient (Wildman–Crippen LogP) is 2.86. The molecule has 0 spiro atoms. The van der Waals surface area contributed by atoms with Crippen LogP contribution >= 0.6 is 0 Å². The molecular weight excluding hydrogens is 214 g/mol. The van der Waals surface area contributed by atoms with Crippen molar-refractivity contribution >= 4 is 0 Å². The average molecular weight is 235 g/mol. The van der Waals surface area contributed by atoms with Gasteiger partial charge in [-0.25, -0.2) is 0 Å². The molecule has 1 saturated heterocycles. The fourth-order valence-electron chi connectivity index (χ4n) is 3.95. The van der Waals surface area contributed by atoms with Gasteiger partial charge in [-0.2, -0.15) is 5.26 Å². The summed E-state index contributed by atoms with van der Waals surface area (Å²) >= 11 is 0. The molecule has 4 unspecified atom stereocenters. The van der Waals surface area contributed by atoms with Crippen LogP contribution in [0.5, 0.6) is 0 Å². The molecule has 3 fully saturated rings.